The van der Waals surface area contributed by atoms with Crippen LogP contribution < -0.4 is 5.32 Å². The van der Waals surface area contributed by atoms with Gasteiger partial charge in [-0.05, 0) is 75.3 Å². The minimum absolute atomic E-state index is 0.00200. The average molecular weight is 429 g/mol. The number of benzene rings is 2. The Balaban J connectivity index is 1.69. The summed E-state index contributed by atoms with van der Waals surface area (Å²) < 4.78 is 28.3. The summed E-state index contributed by atoms with van der Waals surface area (Å²) in [5.41, 5.74) is 4.66. The van der Waals surface area contributed by atoms with E-state index in [2.05, 4.69) is 5.32 Å². The number of hydrogen-bond donors (Lipinski definition) is 1. The van der Waals surface area contributed by atoms with E-state index >= 15 is 0 Å². The fourth-order valence-corrected chi connectivity index (χ4v) is 6.26. The van der Waals surface area contributed by atoms with E-state index in [0.29, 0.717) is 30.8 Å². The van der Waals surface area contributed by atoms with Crippen molar-refractivity contribution in [3.8, 4) is 0 Å². The number of carbonyl (C=O) groups excluding carboxylic acids is 1. The van der Waals surface area contributed by atoms with Crippen molar-refractivity contribution in [1.29, 1.82) is 0 Å². The molecule has 1 amide bonds. The maximum absolute atomic E-state index is 13.4. The van der Waals surface area contributed by atoms with Crippen molar-refractivity contribution >= 4 is 15.9 Å². The fourth-order valence-electron chi connectivity index (χ4n) is 4.21. The number of piperidine rings is 1. The second kappa shape index (κ2) is 8.90. The van der Waals surface area contributed by atoms with Crippen LogP contribution in [-0.2, 0) is 14.8 Å². The number of amides is 1. The maximum Gasteiger partial charge on any atom is 0.243 e. The van der Waals surface area contributed by atoms with Crippen LogP contribution in [0.4, 0.5) is 0 Å². The van der Waals surface area contributed by atoms with Gasteiger partial charge in [-0.3, -0.25) is 4.79 Å². The zero-order valence-corrected chi connectivity index (χ0v) is 19.3. The second-order valence-corrected chi connectivity index (χ2v) is 10.3. The highest BCUT2D eigenvalue weighted by Gasteiger charge is 2.34. The Labute approximate surface area is 180 Å². The molecule has 1 saturated heterocycles. The molecule has 1 atom stereocenters. The van der Waals surface area contributed by atoms with E-state index in [1.165, 1.54) is 0 Å². The lowest BCUT2D eigenvalue weighted by Crippen LogP contribution is -2.43. The summed E-state index contributed by atoms with van der Waals surface area (Å²) in [6.07, 6.45) is 1.07. The molecule has 30 heavy (non-hydrogen) atoms. The van der Waals surface area contributed by atoms with E-state index in [4.69, 9.17) is 0 Å². The van der Waals surface area contributed by atoms with Gasteiger partial charge in [0.25, 0.3) is 0 Å². The van der Waals surface area contributed by atoms with E-state index < -0.39 is 10.0 Å². The van der Waals surface area contributed by atoms with Crippen LogP contribution in [-0.4, -0.2) is 31.7 Å². The lowest BCUT2D eigenvalue weighted by molar-refractivity contribution is -0.126. The molecule has 3 rings (SSSR count). The third-order valence-corrected chi connectivity index (χ3v) is 8.55. The van der Waals surface area contributed by atoms with Crippen LogP contribution in [0, 0.1) is 33.6 Å². The molecule has 1 aliphatic rings. The molecule has 2 aromatic rings. The van der Waals surface area contributed by atoms with Gasteiger partial charge >= 0.3 is 0 Å². The predicted octanol–water partition coefficient (Wildman–Crippen LogP) is 4.20. The minimum atomic E-state index is -3.58. The zero-order chi connectivity index (χ0) is 22.1. The van der Waals surface area contributed by atoms with Crippen LogP contribution >= 0.6 is 0 Å². The molecule has 0 aromatic heterocycles. The monoisotopic (exact) mass is 428 g/mol. The number of rotatable bonds is 5. The van der Waals surface area contributed by atoms with Gasteiger partial charge in [0.15, 0.2) is 0 Å². The summed E-state index contributed by atoms with van der Waals surface area (Å²) in [5, 5.41) is 3.08. The van der Waals surface area contributed by atoms with Crippen molar-refractivity contribution < 1.29 is 13.2 Å². The van der Waals surface area contributed by atoms with Crippen molar-refractivity contribution in [1.82, 2.24) is 9.62 Å². The van der Waals surface area contributed by atoms with Crippen LogP contribution in [0.15, 0.2) is 41.3 Å². The summed E-state index contributed by atoms with van der Waals surface area (Å²) in [6, 6.07) is 11.8. The number of nitrogens with one attached hydrogen (secondary N) is 1. The van der Waals surface area contributed by atoms with Crippen LogP contribution in [0.3, 0.4) is 0 Å². The van der Waals surface area contributed by atoms with Crippen molar-refractivity contribution in [2.24, 2.45) is 5.92 Å². The van der Waals surface area contributed by atoms with Crippen molar-refractivity contribution in [2.45, 2.75) is 58.4 Å². The Kier molecular flexibility index (Phi) is 6.68. The Hall–Kier alpha value is -2.18. The lowest BCUT2D eigenvalue weighted by atomic mass is 9.96. The normalized spacial score (nSPS) is 17.0. The van der Waals surface area contributed by atoms with Gasteiger partial charge in [0, 0.05) is 19.0 Å². The number of hydrogen-bond acceptors (Lipinski definition) is 3. The SMILES string of the molecule is Cc1cc(C)c(C)c(S(=O)(=O)N2CCC(C(=O)N[C@@H](C)c3ccccc3)CC2)c1C. The number of nitrogens with zero attached hydrogens (tertiary/aromatic N) is 1. The van der Waals surface area contributed by atoms with Crippen LogP contribution in [0.25, 0.3) is 0 Å². The lowest BCUT2D eigenvalue weighted by Gasteiger charge is -2.32. The molecule has 1 aliphatic heterocycles. The number of sulfonamides is 1. The Bertz CT molecular complexity index is 998. The molecule has 0 bridgehead atoms. The quantitative estimate of drug-likeness (QED) is 0.776. The second-order valence-electron chi connectivity index (χ2n) is 8.41. The molecule has 1 N–H and O–H groups in total. The van der Waals surface area contributed by atoms with Gasteiger partial charge in [-0.1, -0.05) is 36.4 Å². The van der Waals surface area contributed by atoms with Crippen molar-refractivity contribution in [3.63, 3.8) is 0 Å². The first-order valence-corrected chi connectivity index (χ1v) is 12.0. The van der Waals surface area contributed by atoms with Gasteiger partial charge in [-0.2, -0.15) is 4.31 Å². The van der Waals surface area contributed by atoms with E-state index in [-0.39, 0.29) is 17.9 Å². The first-order valence-electron chi connectivity index (χ1n) is 10.6. The number of carbonyl (C=O) groups is 1. The van der Waals surface area contributed by atoms with E-state index in [0.717, 1.165) is 27.8 Å². The van der Waals surface area contributed by atoms with Crippen molar-refractivity contribution in [3.05, 3.63) is 64.2 Å². The maximum atomic E-state index is 13.4. The molecule has 1 heterocycles. The molecule has 162 valence electrons. The predicted molar refractivity (Wildman–Crippen MR) is 120 cm³/mol. The summed E-state index contributed by atoms with van der Waals surface area (Å²) in [5.74, 6) is -0.161. The van der Waals surface area contributed by atoms with E-state index in [1.807, 2.05) is 71.0 Å². The fraction of sp³-hybridized carbons (Fsp3) is 0.458. The first kappa shape index (κ1) is 22.5. The Morgan fingerprint density at radius 3 is 2.07 bits per heavy atom. The highest BCUT2D eigenvalue weighted by Crippen LogP contribution is 2.31. The molecule has 0 saturated carbocycles. The molecule has 6 heteroatoms. The van der Waals surface area contributed by atoms with E-state index in [1.54, 1.807) is 4.31 Å². The number of aryl methyl sites for hydroxylation is 2. The van der Waals surface area contributed by atoms with Crippen LogP contribution in [0.2, 0.25) is 0 Å². The summed E-state index contributed by atoms with van der Waals surface area (Å²) in [4.78, 5) is 13.2. The highest BCUT2D eigenvalue weighted by atomic mass is 32.2. The van der Waals surface area contributed by atoms with Gasteiger partial charge < -0.3 is 5.32 Å². The molecule has 0 radical (unpaired) electrons. The molecule has 0 unspecified atom stereocenters. The van der Waals surface area contributed by atoms with Gasteiger partial charge in [-0.25, -0.2) is 8.42 Å². The zero-order valence-electron chi connectivity index (χ0n) is 18.5. The van der Waals surface area contributed by atoms with Gasteiger partial charge in [0.05, 0.1) is 10.9 Å². The highest BCUT2D eigenvalue weighted by molar-refractivity contribution is 7.89. The molecule has 0 aliphatic carbocycles. The molecule has 2 aromatic carbocycles. The summed E-state index contributed by atoms with van der Waals surface area (Å²) in [6.45, 7) is 10.4. The van der Waals surface area contributed by atoms with E-state index in [9.17, 15) is 13.2 Å². The third-order valence-electron chi connectivity index (χ3n) is 6.38. The van der Waals surface area contributed by atoms with Gasteiger partial charge in [0.1, 0.15) is 0 Å². The van der Waals surface area contributed by atoms with Crippen LogP contribution in [0.5, 0.6) is 0 Å². The molecular weight excluding hydrogens is 396 g/mol. The molecular formula is C24H32N2O3S. The largest absolute Gasteiger partial charge is 0.349 e. The minimum Gasteiger partial charge on any atom is -0.349 e. The first-order chi connectivity index (χ1) is 14.1. The summed E-state index contributed by atoms with van der Waals surface area (Å²) in [7, 11) is -3.58. The van der Waals surface area contributed by atoms with Crippen LogP contribution in [0.1, 0.15) is 53.6 Å². The average Bonchev–Trinajstić information content (AvgIpc) is 2.73. The summed E-state index contributed by atoms with van der Waals surface area (Å²) >= 11 is 0. The molecule has 5 nitrogen and oxygen atoms in total. The Morgan fingerprint density at radius 2 is 1.53 bits per heavy atom. The molecule has 1 fully saturated rings. The molecule has 0 spiro atoms. The third kappa shape index (κ3) is 4.44. The Morgan fingerprint density at radius 1 is 1.00 bits per heavy atom. The van der Waals surface area contributed by atoms with Gasteiger partial charge in [0.2, 0.25) is 15.9 Å². The topological polar surface area (TPSA) is 66.5 Å². The smallest absolute Gasteiger partial charge is 0.243 e. The van der Waals surface area contributed by atoms with Crippen molar-refractivity contribution in [2.75, 3.05) is 13.1 Å². The van der Waals surface area contributed by atoms with Gasteiger partial charge in [-0.15, -0.1) is 0 Å². The standard InChI is InChI=1S/C24H32N2O3S/c1-16-15-17(2)19(4)23(18(16)3)30(28,29)26-13-11-22(12-14-26)24(27)25-20(5)21-9-7-6-8-10-21/h6-10,15,20,22H,11-14H2,1-5H3,(H,25,27)/t20-/m0/s1.